The number of likely N-dealkylation sites (N-methyl/N-ethyl adjacent to an activating group) is 1. The molecule has 0 aliphatic rings. The van der Waals surface area contributed by atoms with Crippen molar-refractivity contribution in [1.29, 1.82) is 0 Å². The molecule has 0 aliphatic carbocycles. The summed E-state index contributed by atoms with van der Waals surface area (Å²) in [5, 5.41) is 28.4. The Bertz CT molecular complexity index is 351. The molecule has 1 unspecified atom stereocenters. The van der Waals surface area contributed by atoms with E-state index in [-0.39, 0.29) is 25.0 Å². The van der Waals surface area contributed by atoms with E-state index >= 15 is 0 Å². The van der Waals surface area contributed by atoms with Gasteiger partial charge in [0.1, 0.15) is 5.75 Å². The van der Waals surface area contributed by atoms with Gasteiger partial charge in [0.2, 0.25) is 0 Å². The summed E-state index contributed by atoms with van der Waals surface area (Å²) < 4.78 is 0. The van der Waals surface area contributed by atoms with Gasteiger partial charge in [-0.25, -0.2) is 0 Å². The van der Waals surface area contributed by atoms with Crippen molar-refractivity contribution >= 4 is 0 Å². The van der Waals surface area contributed by atoms with Gasteiger partial charge in [-0.2, -0.15) is 0 Å². The van der Waals surface area contributed by atoms with Crippen molar-refractivity contribution in [3.05, 3.63) is 29.3 Å². The summed E-state index contributed by atoms with van der Waals surface area (Å²) in [6, 6.07) is 4.76. The van der Waals surface area contributed by atoms with Crippen molar-refractivity contribution in [3.63, 3.8) is 0 Å². The number of hydrogen-bond acceptors (Lipinski definition) is 4. The average molecular weight is 239 g/mol. The molecule has 0 radical (unpaired) electrons. The van der Waals surface area contributed by atoms with Gasteiger partial charge in [0.15, 0.2) is 0 Å². The van der Waals surface area contributed by atoms with Gasteiger partial charge in [-0.3, -0.25) is 4.90 Å². The summed E-state index contributed by atoms with van der Waals surface area (Å²) in [6.07, 6.45) is 0. The fourth-order valence-corrected chi connectivity index (χ4v) is 2.04. The van der Waals surface area contributed by atoms with E-state index in [2.05, 4.69) is 4.90 Å². The molecule has 0 saturated heterocycles. The van der Waals surface area contributed by atoms with Gasteiger partial charge >= 0.3 is 0 Å². The molecule has 0 aromatic heterocycles. The number of phenolic OH excluding ortho intramolecular Hbond substituents is 1. The molecular weight excluding hydrogens is 218 g/mol. The molecule has 1 atom stereocenters. The highest BCUT2D eigenvalue weighted by Gasteiger charge is 2.20. The number of aromatic hydroxyl groups is 1. The van der Waals surface area contributed by atoms with E-state index in [1.165, 1.54) is 0 Å². The molecule has 96 valence electrons. The first-order chi connectivity index (χ1) is 8.17. The zero-order chi connectivity index (χ0) is 12.8. The smallest absolute Gasteiger partial charge is 0.120 e. The largest absolute Gasteiger partial charge is 0.508 e. The Morgan fingerprint density at radius 2 is 1.82 bits per heavy atom. The van der Waals surface area contributed by atoms with Crippen LogP contribution in [-0.4, -0.2) is 39.9 Å². The highest BCUT2D eigenvalue weighted by molar-refractivity contribution is 5.38. The topological polar surface area (TPSA) is 63.9 Å². The lowest BCUT2D eigenvalue weighted by atomic mass is 10.0. The van der Waals surface area contributed by atoms with E-state index in [0.717, 1.165) is 18.7 Å². The molecule has 1 rings (SSSR count). The Kier molecular flexibility index (Phi) is 5.41. The molecule has 4 heteroatoms. The minimum atomic E-state index is -0.225. The molecule has 17 heavy (non-hydrogen) atoms. The maximum Gasteiger partial charge on any atom is 0.120 e. The third-order valence-electron chi connectivity index (χ3n) is 3.06. The predicted molar refractivity (Wildman–Crippen MR) is 66.8 cm³/mol. The van der Waals surface area contributed by atoms with Crippen molar-refractivity contribution in [2.24, 2.45) is 0 Å². The molecule has 4 nitrogen and oxygen atoms in total. The van der Waals surface area contributed by atoms with Crippen LogP contribution in [0.5, 0.6) is 5.75 Å². The predicted octanol–water partition coefficient (Wildman–Crippen LogP) is 1.26. The van der Waals surface area contributed by atoms with E-state index in [9.17, 15) is 10.2 Å². The molecule has 3 N–H and O–H groups in total. The maximum absolute atomic E-state index is 9.85. The van der Waals surface area contributed by atoms with Crippen molar-refractivity contribution in [3.8, 4) is 5.75 Å². The highest BCUT2D eigenvalue weighted by Crippen LogP contribution is 2.29. The third-order valence-corrected chi connectivity index (χ3v) is 3.06. The van der Waals surface area contributed by atoms with Gasteiger partial charge in [-0.05, 0) is 30.8 Å². The molecule has 1 aromatic carbocycles. The van der Waals surface area contributed by atoms with E-state index in [1.807, 2.05) is 13.8 Å². The van der Waals surface area contributed by atoms with Crippen molar-refractivity contribution in [2.75, 3.05) is 19.7 Å². The van der Waals surface area contributed by atoms with E-state index in [0.29, 0.717) is 5.56 Å². The molecule has 0 spiro atoms. The first-order valence-corrected chi connectivity index (χ1v) is 5.95. The third kappa shape index (κ3) is 3.19. The van der Waals surface area contributed by atoms with Crippen LogP contribution >= 0.6 is 0 Å². The molecule has 0 bridgehead atoms. The van der Waals surface area contributed by atoms with Gasteiger partial charge in [-0.1, -0.05) is 19.9 Å². The summed E-state index contributed by atoms with van der Waals surface area (Å²) in [5.74, 6) is 0.160. The maximum atomic E-state index is 9.85. The Hall–Kier alpha value is -1.10. The number of nitrogens with zero attached hydrogens (tertiary/aromatic N) is 1. The van der Waals surface area contributed by atoms with Crippen LogP contribution in [0.2, 0.25) is 0 Å². The second kappa shape index (κ2) is 6.59. The van der Waals surface area contributed by atoms with Gasteiger partial charge in [0.05, 0.1) is 19.3 Å². The summed E-state index contributed by atoms with van der Waals surface area (Å²) >= 11 is 0. The van der Waals surface area contributed by atoms with Crippen LogP contribution in [0.25, 0.3) is 0 Å². The monoisotopic (exact) mass is 239 g/mol. The Morgan fingerprint density at radius 1 is 1.18 bits per heavy atom. The number of aliphatic hydroxyl groups excluding tert-OH is 2. The van der Waals surface area contributed by atoms with Gasteiger partial charge in [0.25, 0.3) is 0 Å². The minimum absolute atomic E-state index is 0.0515. The zero-order valence-corrected chi connectivity index (χ0v) is 10.4. The molecule has 0 aliphatic heterocycles. The van der Waals surface area contributed by atoms with Crippen LogP contribution in [-0.2, 0) is 6.61 Å². The number of rotatable bonds is 6. The van der Waals surface area contributed by atoms with Crippen molar-refractivity contribution in [1.82, 2.24) is 4.90 Å². The number of benzene rings is 1. The molecule has 0 amide bonds. The zero-order valence-electron chi connectivity index (χ0n) is 10.4. The molecular formula is C13H21NO3. The van der Waals surface area contributed by atoms with Crippen molar-refractivity contribution in [2.45, 2.75) is 26.5 Å². The van der Waals surface area contributed by atoms with Crippen LogP contribution < -0.4 is 0 Å². The molecule has 0 saturated carbocycles. The van der Waals surface area contributed by atoms with Crippen LogP contribution in [0.15, 0.2) is 18.2 Å². The standard InChI is InChI=1S/C13H21NO3/c1-3-14(4-2)12(9-16)11-7-10(8-15)5-6-13(11)17/h5-7,12,15-17H,3-4,8-9H2,1-2H3. The van der Waals surface area contributed by atoms with E-state index < -0.39 is 0 Å². The fraction of sp³-hybridized carbons (Fsp3) is 0.538. The second-order valence-electron chi connectivity index (χ2n) is 3.97. The van der Waals surface area contributed by atoms with Crippen molar-refractivity contribution < 1.29 is 15.3 Å². The van der Waals surface area contributed by atoms with Crippen LogP contribution in [0.4, 0.5) is 0 Å². The fourth-order valence-electron chi connectivity index (χ4n) is 2.04. The summed E-state index contributed by atoms with van der Waals surface area (Å²) in [5.41, 5.74) is 1.41. The Balaban J connectivity index is 3.09. The average Bonchev–Trinajstić information content (AvgIpc) is 2.37. The van der Waals surface area contributed by atoms with Gasteiger partial charge < -0.3 is 15.3 Å². The number of phenols is 1. The molecule has 0 fully saturated rings. The summed E-state index contributed by atoms with van der Waals surface area (Å²) in [4.78, 5) is 2.07. The Morgan fingerprint density at radius 3 is 2.29 bits per heavy atom. The first-order valence-electron chi connectivity index (χ1n) is 5.95. The van der Waals surface area contributed by atoms with Crippen LogP contribution in [0.1, 0.15) is 31.0 Å². The highest BCUT2D eigenvalue weighted by atomic mass is 16.3. The summed E-state index contributed by atoms with van der Waals surface area (Å²) in [6.45, 7) is 5.50. The lowest BCUT2D eigenvalue weighted by molar-refractivity contribution is 0.131. The number of hydrogen-bond donors (Lipinski definition) is 3. The lowest BCUT2D eigenvalue weighted by Crippen LogP contribution is -2.30. The Labute approximate surface area is 102 Å². The normalized spacial score (nSPS) is 13.0. The second-order valence-corrected chi connectivity index (χ2v) is 3.97. The van der Waals surface area contributed by atoms with Crippen LogP contribution in [0, 0.1) is 0 Å². The van der Waals surface area contributed by atoms with Gasteiger partial charge in [-0.15, -0.1) is 0 Å². The lowest BCUT2D eigenvalue weighted by Gasteiger charge is -2.29. The minimum Gasteiger partial charge on any atom is -0.508 e. The first kappa shape index (κ1) is 14.0. The summed E-state index contributed by atoms with van der Waals surface area (Å²) in [7, 11) is 0. The van der Waals surface area contributed by atoms with Gasteiger partial charge in [0, 0.05) is 5.56 Å². The van der Waals surface area contributed by atoms with E-state index in [4.69, 9.17) is 5.11 Å². The SMILES string of the molecule is CCN(CC)C(CO)c1cc(CO)ccc1O. The van der Waals surface area contributed by atoms with Crippen LogP contribution in [0.3, 0.4) is 0 Å². The van der Waals surface area contributed by atoms with E-state index in [1.54, 1.807) is 18.2 Å². The molecule has 1 aromatic rings. The number of aliphatic hydroxyl groups is 2. The quantitative estimate of drug-likeness (QED) is 0.699. The molecule has 0 heterocycles.